The molecule has 5 rings (SSSR count). The summed E-state index contributed by atoms with van der Waals surface area (Å²) in [5.74, 6) is 2.22. The lowest BCUT2D eigenvalue weighted by Gasteiger charge is -2.42. The highest BCUT2D eigenvalue weighted by atomic mass is 16.7. The van der Waals surface area contributed by atoms with E-state index in [0.717, 1.165) is 28.2 Å². The van der Waals surface area contributed by atoms with Crippen molar-refractivity contribution in [2.45, 2.75) is 24.9 Å². The van der Waals surface area contributed by atoms with E-state index in [2.05, 4.69) is 0 Å². The Morgan fingerprint density at radius 3 is 2.83 bits per heavy atom. The molecule has 0 aromatic heterocycles. The molecule has 3 atom stereocenters. The molecule has 3 heterocycles. The van der Waals surface area contributed by atoms with Gasteiger partial charge in [0, 0.05) is 29.9 Å². The van der Waals surface area contributed by atoms with Crippen LogP contribution in [0.3, 0.4) is 0 Å². The average Bonchev–Trinajstić information content (AvgIpc) is 3.08. The van der Waals surface area contributed by atoms with E-state index < -0.39 is 0 Å². The van der Waals surface area contributed by atoms with Gasteiger partial charge in [-0.2, -0.15) is 0 Å². The van der Waals surface area contributed by atoms with Crippen LogP contribution in [0, 0.1) is 0 Å². The molecule has 0 radical (unpaired) electrons. The predicted octanol–water partition coefficient (Wildman–Crippen LogP) is 2.84. The lowest BCUT2D eigenvalue weighted by molar-refractivity contribution is -0.138. The van der Waals surface area contributed by atoms with E-state index in [1.807, 2.05) is 18.2 Å². The van der Waals surface area contributed by atoms with Crippen LogP contribution in [0.25, 0.3) is 0 Å². The summed E-state index contributed by atoms with van der Waals surface area (Å²) in [5, 5.41) is 9.78. The van der Waals surface area contributed by atoms with Gasteiger partial charge in [-0.25, -0.2) is 0 Å². The van der Waals surface area contributed by atoms with Crippen LogP contribution in [0.4, 0.5) is 0 Å². The Hall–Kier alpha value is -2.44. The minimum Gasteiger partial charge on any atom is -0.508 e. The Labute approximate surface area is 138 Å². The summed E-state index contributed by atoms with van der Waals surface area (Å²) in [6.07, 6.45) is -0.861. The molecule has 2 aromatic rings. The second kappa shape index (κ2) is 5.03. The Morgan fingerprint density at radius 1 is 1.08 bits per heavy atom. The van der Waals surface area contributed by atoms with E-state index in [4.69, 9.17) is 23.7 Å². The van der Waals surface area contributed by atoms with E-state index in [1.54, 1.807) is 19.2 Å². The summed E-state index contributed by atoms with van der Waals surface area (Å²) in [6.45, 7) is 0.637. The van der Waals surface area contributed by atoms with Gasteiger partial charge in [0.15, 0.2) is 17.6 Å². The third-order valence-electron chi connectivity index (χ3n) is 4.81. The molecule has 3 aliphatic heterocycles. The summed E-state index contributed by atoms with van der Waals surface area (Å²) in [4.78, 5) is 0. The zero-order valence-corrected chi connectivity index (χ0v) is 13.0. The molecule has 3 aliphatic rings. The lowest BCUT2D eigenvalue weighted by atomic mass is 9.87. The molecule has 0 unspecified atom stereocenters. The van der Waals surface area contributed by atoms with Crippen LogP contribution in [0.15, 0.2) is 30.3 Å². The molecule has 6 nitrogen and oxygen atoms in total. The quantitative estimate of drug-likeness (QED) is 0.868. The van der Waals surface area contributed by atoms with E-state index in [1.165, 1.54) is 0 Å². The third kappa shape index (κ3) is 1.84. The van der Waals surface area contributed by atoms with Gasteiger partial charge in [0.05, 0.1) is 6.61 Å². The monoisotopic (exact) mass is 328 g/mol. The summed E-state index contributed by atoms with van der Waals surface area (Å²) in [7, 11) is 1.65. The number of aromatic hydroxyl groups is 1. The van der Waals surface area contributed by atoms with Crippen LogP contribution >= 0.6 is 0 Å². The maximum atomic E-state index is 9.78. The van der Waals surface area contributed by atoms with E-state index in [9.17, 15) is 5.11 Å². The molecular formula is C18H16O6. The van der Waals surface area contributed by atoms with Crippen LogP contribution < -0.4 is 14.2 Å². The number of phenols is 1. The molecule has 0 bridgehead atoms. The van der Waals surface area contributed by atoms with Crippen molar-refractivity contribution in [3.8, 4) is 23.0 Å². The van der Waals surface area contributed by atoms with Crippen LogP contribution in [0.1, 0.15) is 28.9 Å². The molecule has 0 spiro atoms. The SMILES string of the molecule is CO[C@H]1c2ccc(O)cc2O[C@H]2c3ccc4c(c3CO[C@@H]12)OCO4. The van der Waals surface area contributed by atoms with Gasteiger partial charge in [0.1, 0.15) is 23.7 Å². The van der Waals surface area contributed by atoms with Crippen molar-refractivity contribution < 1.29 is 28.8 Å². The first kappa shape index (κ1) is 13.9. The first-order chi connectivity index (χ1) is 11.8. The van der Waals surface area contributed by atoms with Crippen molar-refractivity contribution in [3.63, 3.8) is 0 Å². The standard InChI is InChI=1S/C18H16O6/c1-20-16-11-3-2-9(19)6-14(11)24-17-10-4-5-13-15(23-8-22-13)12(10)7-21-18(16)17/h2-6,16-19H,7-8H2,1H3/t16-,17-,18-/m0/s1. The fourth-order valence-electron chi connectivity index (χ4n) is 3.72. The maximum Gasteiger partial charge on any atom is 0.231 e. The number of fused-ring (bicyclic) bond motifs is 6. The summed E-state index contributed by atoms with van der Waals surface area (Å²) >= 11 is 0. The van der Waals surface area contributed by atoms with Crippen LogP contribution in [-0.2, 0) is 16.1 Å². The number of benzene rings is 2. The summed E-state index contributed by atoms with van der Waals surface area (Å²) < 4.78 is 29.0. The van der Waals surface area contributed by atoms with Crippen molar-refractivity contribution in [1.82, 2.24) is 0 Å². The number of hydrogen-bond donors (Lipinski definition) is 1. The Balaban J connectivity index is 1.64. The number of hydrogen-bond acceptors (Lipinski definition) is 6. The van der Waals surface area contributed by atoms with Crippen molar-refractivity contribution >= 4 is 0 Å². The first-order valence-corrected chi connectivity index (χ1v) is 7.81. The zero-order valence-electron chi connectivity index (χ0n) is 13.0. The fourth-order valence-corrected chi connectivity index (χ4v) is 3.72. The Morgan fingerprint density at radius 2 is 1.96 bits per heavy atom. The highest BCUT2D eigenvalue weighted by Crippen LogP contribution is 2.51. The van der Waals surface area contributed by atoms with Gasteiger partial charge < -0.3 is 28.8 Å². The zero-order chi connectivity index (χ0) is 16.3. The molecular weight excluding hydrogens is 312 g/mol. The van der Waals surface area contributed by atoms with Crippen LogP contribution in [0.2, 0.25) is 0 Å². The Kier molecular flexibility index (Phi) is 2.92. The summed E-state index contributed by atoms with van der Waals surface area (Å²) in [6, 6.07) is 8.94. The van der Waals surface area contributed by atoms with Crippen LogP contribution in [-0.4, -0.2) is 25.1 Å². The van der Waals surface area contributed by atoms with E-state index in [-0.39, 0.29) is 30.9 Å². The van der Waals surface area contributed by atoms with Crippen molar-refractivity contribution in [2.24, 2.45) is 0 Å². The van der Waals surface area contributed by atoms with Gasteiger partial charge >= 0.3 is 0 Å². The van der Waals surface area contributed by atoms with Gasteiger partial charge in [0.25, 0.3) is 0 Å². The van der Waals surface area contributed by atoms with E-state index >= 15 is 0 Å². The third-order valence-corrected chi connectivity index (χ3v) is 4.81. The first-order valence-electron chi connectivity index (χ1n) is 7.81. The molecule has 1 N–H and O–H groups in total. The molecule has 6 heteroatoms. The van der Waals surface area contributed by atoms with Gasteiger partial charge in [-0.1, -0.05) is 6.07 Å². The van der Waals surface area contributed by atoms with Gasteiger partial charge in [-0.3, -0.25) is 0 Å². The average molecular weight is 328 g/mol. The second-order valence-corrected chi connectivity index (χ2v) is 6.06. The molecule has 0 fully saturated rings. The topological polar surface area (TPSA) is 66.4 Å². The fraction of sp³-hybridized carbons (Fsp3) is 0.333. The molecule has 0 amide bonds. The van der Waals surface area contributed by atoms with Gasteiger partial charge in [0.2, 0.25) is 6.79 Å². The highest BCUT2D eigenvalue weighted by molar-refractivity contribution is 5.55. The second-order valence-electron chi connectivity index (χ2n) is 6.06. The molecule has 0 saturated heterocycles. The van der Waals surface area contributed by atoms with Crippen molar-refractivity contribution in [1.29, 1.82) is 0 Å². The molecule has 124 valence electrons. The molecule has 0 saturated carbocycles. The molecule has 24 heavy (non-hydrogen) atoms. The van der Waals surface area contributed by atoms with Crippen molar-refractivity contribution in [3.05, 3.63) is 47.0 Å². The molecule has 0 aliphatic carbocycles. The number of phenolic OH excluding ortho intramolecular Hbond substituents is 1. The number of ether oxygens (including phenoxy) is 5. The molecule has 2 aromatic carbocycles. The maximum absolute atomic E-state index is 9.78. The number of rotatable bonds is 1. The largest absolute Gasteiger partial charge is 0.508 e. The smallest absolute Gasteiger partial charge is 0.231 e. The normalized spacial score (nSPS) is 26.1. The lowest BCUT2D eigenvalue weighted by Crippen LogP contribution is -2.40. The Bertz CT molecular complexity index is 817. The highest BCUT2D eigenvalue weighted by Gasteiger charge is 2.45. The van der Waals surface area contributed by atoms with E-state index in [0.29, 0.717) is 12.4 Å². The minimum absolute atomic E-state index is 0.157. The number of methoxy groups -OCH3 is 1. The van der Waals surface area contributed by atoms with Crippen LogP contribution in [0.5, 0.6) is 23.0 Å². The predicted molar refractivity (Wildman–Crippen MR) is 82.4 cm³/mol. The van der Waals surface area contributed by atoms with Gasteiger partial charge in [-0.05, 0) is 18.2 Å². The summed E-state index contributed by atoms with van der Waals surface area (Å²) in [5.41, 5.74) is 2.83. The minimum atomic E-state index is -0.331. The van der Waals surface area contributed by atoms with Gasteiger partial charge in [-0.15, -0.1) is 0 Å². The van der Waals surface area contributed by atoms with Crippen molar-refractivity contribution in [2.75, 3.05) is 13.9 Å².